The van der Waals surface area contributed by atoms with E-state index >= 15 is 0 Å². The van der Waals surface area contributed by atoms with Gasteiger partial charge in [-0.2, -0.15) is 0 Å². The second-order valence-corrected chi connectivity index (χ2v) is 5.76. The fourth-order valence-corrected chi connectivity index (χ4v) is 3.02. The number of hydrogen-bond acceptors (Lipinski definition) is 2. The summed E-state index contributed by atoms with van der Waals surface area (Å²) in [7, 11) is 0. The van der Waals surface area contributed by atoms with Crippen LogP contribution in [0.2, 0.25) is 0 Å². The smallest absolute Gasteiger partial charge is 0.126 e. The van der Waals surface area contributed by atoms with Crippen LogP contribution in [0.1, 0.15) is 32.3 Å². The van der Waals surface area contributed by atoms with E-state index < -0.39 is 0 Å². The Labute approximate surface area is 115 Å². The summed E-state index contributed by atoms with van der Waals surface area (Å²) in [5, 5.41) is 0. The van der Waals surface area contributed by atoms with E-state index in [2.05, 4.69) is 18.7 Å². The van der Waals surface area contributed by atoms with Gasteiger partial charge in [0.25, 0.3) is 0 Å². The number of likely N-dealkylation sites (tertiary alicyclic amines) is 1. The van der Waals surface area contributed by atoms with Crippen LogP contribution in [0, 0.1) is 11.7 Å². The van der Waals surface area contributed by atoms with Crippen LogP contribution < -0.4 is 5.73 Å². The van der Waals surface area contributed by atoms with E-state index in [1.165, 1.54) is 0 Å². The lowest BCUT2D eigenvalue weighted by atomic mass is 9.89. The molecule has 0 bridgehead atoms. The first kappa shape index (κ1) is 14.5. The van der Waals surface area contributed by atoms with Crippen molar-refractivity contribution in [1.82, 2.24) is 4.90 Å². The average Bonchev–Trinajstić information content (AvgIpc) is 2.42. The van der Waals surface area contributed by atoms with Crippen molar-refractivity contribution < 1.29 is 4.39 Å². The van der Waals surface area contributed by atoms with E-state index in [4.69, 9.17) is 5.73 Å². The van der Waals surface area contributed by atoms with E-state index in [-0.39, 0.29) is 5.82 Å². The Bertz CT molecular complexity index is 407. The number of benzene rings is 1. The Balaban J connectivity index is 1.97. The van der Waals surface area contributed by atoms with Crippen molar-refractivity contribution in [3.63, 3.8) is 0 Å². The van der Waals surface area contributed by atoms with Gasteiger partial charge in [-0.1, -0.05) is 31.5 Å². The summed E-state index contributed by atoms with van der Waals surface area (Å²) >= 11 is 0. The lowest BCUT2D eigenvalue weighted by Gasteiger charge is -2.40. The molecule has 1 aromatic carbocycles. The summed E-state index contributed by atoms with van der Waals surface area (Å²) in [4.78, 5) is 2.46. The van der Waals surface area contributed by atoms with Gasteiger partial charge in [0.15, 0.2) is 0 Å². The highest BCUT2D eigenvalue weighted by Gasteiger charge is 2.28. The van der Waals surface area contributed by atoms with Gasteiger partial charge in [0, 0.05) is 18.6 Å². The second kappa shape index (κ2) is 6.49. The highest BCUT2D eigenvalue weighted by Crippen LogP contribution is 2.22. The first-order chi connectivity index (χ1) is 9.11. The maximum atomic E-state index is 13.7. The molecular weight excluding hydrogens is 239 g/mol. The SMILES string of the molecule is CCC1CN(C(C)Cc2ccccc2F)CCC1N. The van der Waals surface area contributed by atoms with Gasteiger partial charge < -0.3 is 5.73 Å². The average molecular weight is 264 g/mol. The molecule has 106 valence electrons. The van der Waals surface area contributed by atoms with E-state index in [1.54, 1.807) is 12.1 Å². The van der Waals surface area contributed by atoms with Crippen LogP contribution in [0.3, 0.4) is 0 Å². The molecule has 0 amide bonds. The fraction of sp³-hybridized carbons (Fsp3) is 0.625. The van der Waals surface area contributed by atoms with Crippen molar-refractivity contribution in [2.24, 2.45) is 11.7 Å². The first-order valence-corrected chi connectivity index (χ1v) is 7.34. The molecule has 2 nitrogen and oxygen atoms in total. The van der Waals surface area contributed by atoms with Crippen LogP contribution >= 0.6 is 0 Å². The van der Waals surface area contributed by atoms with Crippen molar-refractivity contribution >= 4 is 0 Å². The predicted octanol–water partition coefficient (Wildman–Crippen LogP) is 2.82. The zero-order chi connectivity index (χ0) is 13.8. The molecule has 1 aromatic rings. The third kappa shape index (κ3) is 3.54. The normalized spacial score (nSPS) is 26.3. The molecule has 3 unspecified atom stereocenters. The molecule has 0 radical (unpaired) electrons. The van der Waals surface area contributed by atoms with Crippen LogP contribution in [-0.4, -0.2) is 30.1 Å². The zero-order valence-corrected chi connectivity index (χ0v) is 12.0. The van der Waals surface area contributed by atoms with Gasteiger partial charge in [-0.25, -0.2) is 4.39 Å². The van der Waals surface area contributed by atoms with Crippen molar-refractivity contribution in [2.45, 2.75) is 45.2 Å². The zero-order valence-electron chi connectivity index (χ0n) is 12.0. The van der Waals surface area contributed by atoms with E-state index in [9.17, 15) is 4.39 Å². The summed E-state index contributed by atoms with van der Waals surface area (Å²) in [6.07, 6.45) is 2.96. The maximum Gasteiger partial charge on any atom is 0.126 e. The minimum Gasteiger partial charge on any atom is -0.327 e. The monoisotopic (exact) mass is 264 g/mol. The van der Waals surface area contributed by atoms with Crippen LogP contribution in [0.25, 0.3) is 0 Å². The van der Waals surface area contributed by atoms with Crippen molar-refractivity contribution in [2.75, 3.05) is 13.1 Å². The summed E-state index contributed by atoms with van der Waals surface area (Å²) in [5.41, 5.74) is 6.96. The predicted molar refractivity (Wildman–Crippen MR) is 77.5 cm³/mol. The first-order valence-electron chi connectivity index (χ1n) is 7.34. The van der Waals surface area contributed by atoms with Crippen molar-refractivity contribution in [3.05, 3.63) is 35.6 Å². The van der Waals surface area contributed by atoms with E-state index in [1.807, 2.05) is 12.1 Å². The minimum absolute atomic E-state index is 0.0879. The second-order valence-electron chi connectivity index (χ2n) is 5.76. The van der Waals surface area contributed by atoms with Gasteiger partial charge in [0.2, 0.25) is 0 Å². The van der Waals surface area contributed by atoms with Gasteiger partial charge in [0.1, 0.15) is 5.82 Å². The summed E-state index contributed by atoms with van der Waals surface area (Å²) in [6.45, 7) is 6.48. The summed E-state index contributed by atoms with van der Waals surface area (Å²) in [6, 6.07) is 7.80. The summed E-state index contributed by atoms with van der Waals surface area (Å²) < 4.78 is 13.7. The van der Waals surface area contributed by atoms with Crippen LogP contribution in [-0.2, 0) is 6.42 Å². The molecule has 19 heavy (non-hydrogen) atoms. The number of rotatable bonds is 4. The number of piperidine rings is 1. The van der Waals surface area contributed by atoms with Crippen molar-refractivity contribution in [1.29, 1.82) is 0 Å². The van der Waals surface area contributed by atoms with Crippen LogP contribution in [0.5, 0.6) is 0 Å². The molecule has 2 N–H and O–H groups in total. The van der Waals surface area contributed by atoms with E-state index in [0.717, 1.165) is 37.9 Å². The molecule has 1 saturated heterocycles. The Hall–Kier alpha value is -0.930. The molecule has 3 atom stereocenters. The van der Waals surface area contributed by atoms with Crippen LogP contribution in [0.15, 0.2) is 24.3 Å². The molecule has 2 rings (SSSR count). The Morgan fingerprint density at radius 3 is 2.84 bits per heavy atom. The molecule has 1 heterocycles. The molecule has 3 heteroatoms. The molecule has 0 saturated carbocycles. The Morgan fingerprint density at radius 2 is 2.16 bits per heavy atom. The van der Waals surface area contributed by atoms with Crippen molar-refractivity contribution in [3.8, 4) is 0 Å². The Morgan fingerprint density at radius 1 is 1.42 bits per heavy atom. The quantitative estimate of drug-likeness (QED) is 0.906. The van der Waals surface area contributed by atoms with E-state index in [0.29, 0.717) is 18.0 Å². The molecular formula is C16H25FN2. The number of hydrogen-bond donors (Lipinski definition) is 1. The lowest BCUT2D eigenvalue weighted by molar-refractivity contribution is 0.113. The molecule has 0 aliphatic carbocycles. The standard InChI is InChI=1S/C16H25FN2/c1-3-13-11-19(9-8-16(13)18)12(2)10-14-6-4-5-7-15(14)17/h4-7,12-13,16H,3,8-11,18H2,1-2H3. The molecule has 1 aliphatic heterocycles. The summed E-state index contributed by atoms with van der Waals surface area (Å²) in [5.74, 6) is 0.493. The number of halogens is 1. The third-order valence-corrected chi connectivity index (χ3v) is 4.45. The van der Waals surface area contributed by atoms with Gasteiger partial charge in [-0.05, 0) is 43.9 Å². The molecule has 1 fully saturated rings. The number of nitrogens with two attached hydrogens (primary N) is 1. The topological polar surface area (TPSA) is 29.3 Å². The number of nitrogens with zero attached hydrogens (tertiary/aromatic N) is 1. The largest absolute Gasteiger partial charge is 0.327 e. The molecule has 1 aliphatic rings. The van der Waals surface area contributed by atoms with Crippen LogP contribution in [0.4, 0.5) is 4.39 Å². The van der Waals surface area contributed by atoms with Gasteiger partial charge in [0.05, 0.1) is 0 Å². The maximum absolute atomic E-state index is 13.7. The van der Waals surface area contributed by atoms with Gasteiger partial charge in [-0.3, -0.25) is 4.90 Å². The van der Waals surface area contributed by atoms with Gasteiger partial charge >= 0.3 is 0 Å². The third-order valence-electron chi connectivity index (χ3n) is 4.45. The van der Waals surface area contributed by atoms with Gasteiger partial charge in [-0.15, -0.1) is 0 Å². The Kier molecular flexibility index (Phi) is 4.94. The highest BCUT2D eigenvalue weighted by atomic mass is 19.1. The highest BCUT2D eigenvalue weighted by molar-refractivity contribution is 5.18. The lowest BCUT2D eigenvalue weighted by Crippen LogP contribution is -2.50. The minimum atomic E-state index is -0.0879. The molecule has 0 spiro atoms. The molecule has 0 aromatic heterocycles. The fourth-order valence-electron chi connectivity index (χ4n) is 3.02.